The summed E-state index contributed by atoms with van der Waals surface area (Å²) in [6.45, 7) is 1.83. The average molecular weight is 297 g/mol. The average Bonchev–Trinajstić information content (AvgIpc) is 2.60. The van der Waals surface area contributed by atoms with Crippen molar-refractivity contribution >= 4 is 58.6 Å². The van der Waals surface area contributed by atoms with Crippen molar-refractivity contribution < 1.29 is 5.11 Å². The Morgan fingerprint density at radius 2 is 2.06 bits per heavy atom. The number of aromatic nitrogens is 2. The van der Waals surface area contributed by atoms with Crippen LogP contribution in [0.15, 0.2) is 6.07 Å². The van der Waals surface area contributed by atoms with Gasteiger partial charge >= 0.3 is 0 Å². The van der Waals surface area contributed by atoms with E-state index < -0.39 is 0 Å². The molecule has 1 atom stereocenters. The molecule has 0 aliphatic heterocycles. The molecule has 0 bridgehead atoms. The molecular weight excluding hydrogens is 286 g/mol. The third kappa shape index (κ3) is 3.51. The molecule has 0 spiro atoms. The van der Waals surface area contributed by atoms with Crippen LogP contribution in [0.25, 0.3) is 10.2 Å². The van der Waals surface area contributed by atoms with E-state index in [0.29, 0.717) is 5.82 Å². The van der Waals surface area contributed by atoms with Gasteiger partial charge in [0.1, 0.15) is 11.4 Å². The van der Waals surface area contributed by atoms with Crippen LogP contribution in [-0.2, 0) is 6.61 Å². The molecule has 0 aromatic carbocycles. The summed E-state index contributed by atoms with van der Waals surface area (Å²) >= 11 is 11.1. The molecule has 0 fully saturated rings. The fraction of sp³-hybridized carbons (Fsp3) is 0.333. The number of fused-ring (bicyclic) bond motifs is 1. The van der Waals surface area contributed by atoms with Gasteiger partial charge < -0.3 is 5.11 Å². The number of nitrogens with zero attached hydrogens (tertiary/aromatic N) is 2. The Labute approximate surface area is 110 Å². The predicted octanol–water partition coefficient (Wildman–Crippen LogP) is 2.41. The monoisotopic (exact) mass is 296 g/mol. The quantitative estimate of drug-likeness (QED) is 0.649. The van der Waals surface area contributed by atoms with Crippen LogP contribution in [0.3, 0.4) is 0 Å². The van der Waals surface area contributed by atoms with E-state index in [1.807, 2.05) is 13.0 Å². The smallest absolute Gasteiger partial charge is 0.155 e. The number of hydrogen-bond donors (Lipinski definition) is 1. The molecule has 0 aliphatic rings. The first kappa shape index (κ1) is 14.1. The van der Waals surface area contributed by atoms with Crippen molar-refractivity contribution in [2.24, 2.45) is 0 Å². The maximum Gasteiger partial charge on any atom is 0.155 e. The summed E-state index contributed by atoms with van der Waals surface area (Å²) in [6.07, 6.45) is 0. The summed E-state index contributed by atoms with van der Waals surface area (Å²) in [4.78, 5) is 9.33. The van der Waals surface area contributed by atoms with E-state index in [-0.39, 0.29) is 11.9 Å². The summed E-state index contributed by atoms with van der Waals surface area (Å²) in [6, 6.07) is 2.04. The zero-order valence-electron chi connectivity index (χ0n) is 8.57. The summed E-state index contributed by atoms with van der Waals surface area (Å²) in [5.41, 5.74) is 0.930. The molecule has 0 radical (unpaired) electrons. The van der Waals surface area contributed by atoms with Gasteiger partial charge in [0.15, 0.2) is 5.82 Å². The maximum absolute atomic E-state index is 8.90. The summed E-state index contributed by atoms with van der Waals surface area (Å²) in [7, 11) is 2.64. The molecule has 7 heteroatoms. The van der Waals surface area contributed by atoms with Crippen LogP contribution in [-0.4, -0.2) is 20.4 Å². The van der Waals surface area contributed by atoms with Gasteiger partial charge in [-0.25, -0.2) is 9.97 Å². The van der Waals surface area contributed by atoms with Gasteiger partial charge in [0.2, 0.25) is 0 Å². The van der Waals surface area contributed by atoms with Crippen LogP contribution in [0.1, 0.15) is 11.5 Å². The number of rotatable bonds is 1. The second kappa shape index (κ2) is 6.67. The van der Waals surface area contributed by atoms with Crippen molar-refractivity contribution in [1.82, 2.24) is 9.97 Å². The normalized spacial score (nSPS) is 10.1. The number of aryl methyl sites for hydroxylation is 1. The number of thiophene rings is 1. The third-order valence-electron chi connectivity index (χ3n) is 1.79. The summed E-state index contributed by atoms with van der Waals surface area (Å²) in [5.74, 6) is 0.497. The molecule has 2 heterocycles. The Kier molecular flexibility index (Phi) is 5.87. The summed E-state index contributed by atoms with van der Waals surface area (Å²) in [5, 5.41) is 10.2. The Balaban J connectivity index is 0.000000386. The first-order valence-corrected chi connectivity index (χ1v) is 6.84. The van der Waals surface area contributed by atoms with E-state index >= 15 is 0 Å². The molecule has 16 heavy (non-hydrogen) atoms. The van der Waals surface area contributed by atoms with E-state index in [9.17, 15) is 0 Å². The minimum Gasteiger partial charge on any atom is -0.388 e. The van der Waals surface area contributed by atoms with E-state index in [4.69, 9.17) is 28.3 Å². The molecule has 88 valence electrons. The molecule has 3 nitrogen and oxygen atoms in total. The highest BCUT2D eigenvalue weighted by atomic mass is 35.5. The number of aliphatic hydroxyl groups excluding tert-OH is 1. The first-order chi connectivity index (χ1) is 7.62. The molecule has 0 saturated heterocycles. The van der Waals surface area contributed by atoms with Crippen molar-refractivity contribution in [3.8, 4) is 0 Å². The fourth-order valence-electron chi connectivity index (χ4n) is 1.21. The zero-order valence-corrected chi connectivity index (χ0v) is 12.1. The highest BCUT2D eigenvalue weighted by molar-refractivity contribution is 7.45. The number of halogens is 2. The van der Waals surface area contributed by atoms with Crippen LogP contribution < -0.4 is 4.62 Å². The fourth-order valence-corrected chi connectivity index (χ4v) is 2.58. The van der Waals surface area contributed by atoms with Gasteiger partial charge in [-0.15, -0.1) is 34.5 Å². The minimum absolute atomic E-state index is 0.0964. The molecule has 0 aliphatic carbocycles. The lowest BCUT2D eigenvalue weighted by molar-refractivity contribution is 0.271. The van der Waals surface area contributed by atoms with Gasteiger partial charge in [-0.1, -0.05) is 9.24 Å². The first-order valence-electron chi connectivity index (χ1n) is 4.37. The Hall–Kier alpha value is 0.01000. The van der Waals surface area contributed by atoms with Gasteiger partial charge in [0, 0.05) is 15.7 Å². The van der Waals surface area contributed by atoms with Crippen LogP contribution in [0, 0.1) is 6.92 Å². The maximum atomic E-state index is 8.90. The van der Waals surface area contributed by atoms with Crippen LogP contribution in [0.5, 0.6) is 0 Å². The van der Waals surface area contributed by atoms with Crippen molar-refractivity contribution in [2.45, 2.75) is 13.5 Å². The SMILES string of the molecule is Cc1nc(CO)nc2sc(P)cc12.ClCCl. The van der Waals surface area contributed by atoms with Gasteiger partial charge in [-0.05, 0) is 13.0 Å². The standard InChI is InChI=1S/C8H9N2OPS.CH2Cl2/c1-4-5-2-7(12)13-8(5)10-6(3-11)9-4;2-1-3/h2,11H,3,12H2,1H3;1H2. The van der Waals surface area contributed by atoms with Crippen LogP contribution in [0.2, 0.25) is 0 Å². The largest absolute Gasteiger partial charge is 0.388 e. The second-order valence-electron chi connectivity index (χ2n) is 2.85. The van der Waals surface area contributed by atoms with Crippen molar-refractivity contribution in [3.63, 3.8) is 0 Å². The molecular formula is C9H11Cl2N2OPS. The van der Waals surface area contributed by atoms with E-state index in [1.165, 1.54) is 0 Å². The van der Waals surface area contributed by atoms with Gasteiger partial charge in [0.25, 0.3) is 0 Å². The molecule has 2 aromatic heterocycles. The summed E-state index contributed by atoms with van der Waals surface area (Å²) < 4.78 is 1.14. The Bertz CT molecular complexity index is 478. The number of alkyl halides is 2. The molecule has 2 rings (SSSR count). The lowest BCUT2D eigenvalue weighted by Gasteiger charge is -1.97. The highest BCUT2D eigenvalue weighted by Gasteiger charge is 2.06. The lowest BCUT2D eigenvalue weighted by Crippen LogP contribution is -1.95. The zero-order chi connectivity index (χ0) is 12.1. The topological polar surface area (TPSA) is 46.0 Å². The van der Waals surface area contributed by atoms with Gasteiger partial charge in [-0.2, -0.15) is 0 Å². The second-order valence-corrected chi connectivity index (χ2v) is 5.76. The molecule has 1 unspecified atom stereocenters. The van der Waals surface area contributed by atoms with E-state index in [1.54, 1.807) is 11.3 Å². The van der Waals surface area contributed by atoms with Gasteiger partial charge in [-0.3, -0.25) is 0 Å². The van der Waals surface area contributed by atoms with Crippen LogP contribution >= 0.6 is 43.8 Å². The van der Waals surface area contributed by atoms with Gasteiger partial charge in [0.05, 0.1) is 5.34 Å². The number of hydrogen-bond acceptors (Lipinski definition) is 4. The van der Waals surface area contributed by atoms with E-state index in [0.717, 1.165) is 20.5 Å². The lowest BCUT2D eigenvalue weighted by atomic mass is 10.3. The van der Waals surface area contributed by atoms with Crippen molar-refractivity contribution in [2.75, 3.05) is 5.34 Å². The van der Waals surface area contributed by atoms with E-state index in [2.05, 4.69) is 19.2 Å². The Morgan fingerprint density at radius 1 is 1.44 bits per heavy atom. The van der Waals surface area contributed by atoms with Crippen molar-refractivity contribution in [1.29, 1.82) is 0 Å². The molecule has 1 N–H and O–H groups in total. The predicted molar refractivity (Wildman–Crippen MR) is 74.0 cm³/mol. The molecule has 0 saturated carbocycles. The molecule has 2 aromatic rings. The Morgan fingerprint density at radius 3 is 2.62 bits per heavy atom. The third-order valence-corrected chi connectivity index (χ3v) is 3.17. The number of aliphatic hydroxyl groups is 1. The highest BCUT2D eigenvalue weighted by Crippen LogP contribution is 2.20. The van der Waals surface area contributed by atoms with Crippen molar-refractivity contribution in [3.05, 3.63) is 17.6 Å². The van der Waals surface area contributed by atoms with Crippen LogP contribution in [0.4, 0.5) is 0 Å². The minimum atomic E-state index is -0.0964. The molecule has 0 amide bonds.